The van der Waals surface area contributed by atoms with Crippen molar-refractivity contribution >= 4 is 17.6 Å². The van der Waals surface area contributed by atoms with Crippen LogP contribution in [0.25, 0.3) is 0 Å². The van der Waals surface area contributed by atoms with Gasteiger partial charge in [0.1, 0.15) is 23.4 Å². The van der Waals surface area contributed by atoms with E-state index < -0.39 is 0 Å². The van der Waals surface area contributed by atoms with Crippen molar-refractivity contribution in [1.82, 2.24) is 0 Å². The Morgan fingerprint density at radius 2 is 1.46 bits per heavy atom. The van der Waals surface area contributed by atoms with Crippen molar-refractivity contribution in [3.05, 3.63) is 53.6 Å². The topological polar surface area (TPSA) is 44.8 Å². The molecule has 24 heavy (non-hydrogen) atoms. The molecular weight excluding hydrogens is 328 g/mol. The van der Waals surface area contributed by atoms with Crippen LogP contribution in [-0.4, -0.2) is 18.7 Å². The molecule has 0 bridgehead atoms. The maximum Gasteiger partial charge on any atom is 0.312 e. The summed E-state index contributed by atoms with van der Waals surface area (Å²) in [5.41, 5.74) is 0. The van der Waals surface area contributed by atoms with Gasteiger partial charge in [-0.3, -0.25) is 4.79 Å². The summed E-state index contributed by atoms with van der Waals surface area (Å²) in [6.07, 6.45) is -0.285. The maximum atomic E-state index is 11.7. The molecule has 2 unspecified atom stereocenters. The van der Waals surface area contributed by atoms with E-state index >= 15 is 0 Å². The van der Waals surface area contributed by atoms with Crippen LogP contribution in [-0.2, 0) is 9.53 Å². The smallest absolute Gasteiger partial charge is 0.312 e. The van der Waals surface area contributed by atoms with Gasteiger partial charge in [0, 0.05) is 5.02 Å². The molecule has 2 aromatic carbocycles. The predicted molar refractivity (Wildman–Crippen MR) is 93.9 cm³/mol. The molecule has 0 saturated heterocycles. The van der Waals surface area contributed by atoms with Crippen molar-refractivity contribution in [3.8, 4) is 17.2 Å². The third kappa shape index (κ3) is 5.17. The molecule has 0 heterocycles. The third-order valence-corrected chi connectivity index (χ3v) is 3.81. The van der Waals surface area contributed by atoms with Crippen LogP contribution in [0.1, 0.15) is 20.8 Å². The Labute approximate surface area is 147 Å². The van der Waals surface area contributed by atoms with Crippen molar-refractivity contribution in [2.75, 3.05) is 6.61 Å². The second-order valence-corrected chi connectivity index (χ2v) is 5.83. The van der Waals surface area contributed by atoms with Crippen LogP contribution in [0.2, 0.25) is 5.02 Å². The highest BCUT2D eigenvalue weighted by molar-refractivity contribution is 6.30. The summed E-state index contributed by atoms with van der Waals surface area (Å²) in [7, 11) is 0. The van der Waals surface area contributed by atoms with Gasteiger partial charge in [0.15, 0.2) is 0 Å². The summed E-state index contributed by atoms with van der Waals surface area (Å²) in [4.78, 5) is 11.7. The molecule has 0 spiro atoms. The molecule has 5 heteroatoms. The van der Waals surface area contributed by atoms with Gasteiger partial charge < -0.3 is 14.2 Å². The Bertz CT molecular complexity index is 652. The Morgan fingerprint density at radius 3 is 2.00 bits per heavy atom. The average Bonchev–Trinajstić information content (AvgIpc) is 2.58. The van der Waals surface area contributed by atoms with E-state index in [1.54, 1.807) is 50.2 Å². The minimum absolute atomic E-state index is 0.257. The minimum Gasteiger partial charge on any atom is -0.490 e. The van der Waals surface area contributed by atoms with Gasteiger partial charge in [-0.2, -0.15) is 0 Å². The quantitative estimate of drug-likeness (QED) is 0.653. The van der Waals surface area contributed by atoms with Crippen molar-refractivity contribution in [1.29, 1.82) is 0 Å². The van der Waals surface area contributed by atoms with Crippen LogP contribution in [0.4, 0.5) is 0 Å². The number of hydrogen-bond donors (Lipinski definition) is 0. The standard InChI is InChI=1S/C19H21ClO4/c1-4-22-19(21)13(2)14(3)23-16-9-11-18(12-10-16)24-17-7-5-15(20)6-8-17/h5-14H,4H2,1-3H3. The molecule has 0 N–H and O–H groups in total. The van der Waals surface area contributed by atoms with Crippen LogP contribution in [0.15, 0.2) is 48.5 Å². The van der Waals surface area contributed by atoms with Gasteiger partial charge in [-0.05, 0) is 69.3 Å². The second kappa shape index (κ2) is 8.60. The maximum absolute atomic E-state index is 11.7. The van der Waals surface area contributed by atoms with Gasteiger partial charge >= 0.3 is 5.97 Å². The van der Waals surface area contributed by atoms with Gasteiger partial charge in [0.05, 0.1) is 12.5 Å². The number of esters is 1. The molecule has 0 fully saturated rings. The van der Waals surface area contributed by atoms with Gasteiger partial charge in [-0.15, -0.1) is 0 Å². The van der Waals surface area contributed by atoms with E-state index in [0.29, 0.717) is 28.9 Å². The van der Waals surface area contributed by atoms with Crippen LogP contribution in [0, 0.1) is 5.92 Å². The molecule has 2 atom stereocenters. The second-order valence-electron chi connectivity index (χ2n) is 5.39. The number of halogens is 1. The number of benzene rings is 2. The first-order chi connectivity index (χ1) is 11.5. The lowest BCUT2D eigenvalue weighted by molar-refractivity contribution is -0.150. The zero-order valence-electron chi connectivity index (χ0n) is 14.0. The highest BCUT2D eigenvalue weighted by Gasteiger charge is 2.22. The summed E-state index contributed by atoms with van der Waals surface area (Å²) in [5.74, 6) is 1.47. The van der Waals surface area contributed by atoms with Crippen molar-refractivity contribution < 1.29 is 19.0 Å². The van der Waals surface area contributed by atoms with E-state index in [2.05, 4.69) is 0 Å². The highest BCUT2D eigenvalue weighted by Crippen LogP contribution is 2.26. The van der Waals surface area contributed by atoms with Crippen molar-refractivity contribution in [3.63, 3.8) is 0 Å². The number of carbonyl (C=O) groups is 1. The highest BCUT2D eigenvalue weighted by atomic mass is 35.5. The fourth-order valence-corrected chi connectivity index (χ4v) is 2.13. The van der Waals surface area contributed by atoms with E-state index in [0.717, 1.165) is 0 Å². The zero-order valence-corrected chi connectivity index (χ0v) is 14.7. The van der Waals surface area contributed by atoms with E-state index in [1.165, 1.54) is 0 Å². The van der Waals surface area contributed by atoms with Crippen LogP contribution < -0.4 is 9.47 Å². The average molecular weight is 349 g/mol. The van der Waals surface area contributed by atoms with Gasteiger partial charge in [0.2, 0.25) is 0 Å². The first-order valence-electron chi connectivity index (χ1n) is 7.86. The SMILES string of the molecule is CCOC(=O)C(C)C(C)Oc1ccc(Oc2ccc(Cl)cc2)cc1. The normalized spacial score (nSPS) is 13.0. The van der Waals surface area contributed by atoms with Crippen LogP contribution >= 0.6 is 11.6 Å². The summed E-state index contributed by atoms with van der Waals surface area (Å²) in [6, 6.07) is 14.4. The van der Waals surface area contributed by atoms with Crippen LogP contribution in [0.3, 0.4) is 0 Å². The third-order valence-electron chi connectivity index (χ3n) is 3.56. The number of hydrogen-bond acceptors (Lipinski definition) is 4. The molecule has 0 aliphatic heterocycles. The monoisotopic (exact) mass is 348 g/mol. The minimum atomic E-state index is -0.338. The lowest BCUT2D eigenvalue weighted by Gasteiger charge is -2.20. The molecule has 4 nitrogen and oxygen atoms in total. The van der Waals surface area contributed by atoms with Gasteiger partial charge in [-0.25, -0.2) is 0 Å². The lowest BCUT2D eigenvalue weighted by atomic mass is 10.1. The number of rotatable bonds is 7. The number of ether oxygens (including phenoxy) is 3. The Hall–Kier alpha value is -2.20. The summed E-state index contributed by atoms with van der Waals surface area (Å²) < 4.78 is 16.5. The molecule has 2 rings (SSSR count). The molecule has 2 aromatic rings. The van der Waals surface area contributed by atoms with Gasteiger partial charge in [0.25, 0.3) is 0 Å². The Morgan fingerprint density at radius 1 is 0.958 bits per heavy atom. The number of carbonyl (C=O) groups excluding carboxylic acids is 1. The molecule has 0 radical (unpaired) electrons. The lowest BCUT2D eigenvalue weighted by Crippen LogP contribution is -2.29. The Balaban J connectivity index is 1.94. The molecule has 0 amide bonds. The van der Waals surface area contributed by atoms with Crippen LogP contribution in [0.5, 0.6) is 17.2 Å². The molecular formula is C19H21ClO4. The van der Waals surface area contributed by atoms with E-state index in [-0.39, 0.29) is 18.0 Å². The molecule has 0 aliphatic carbocycles. The molecule has 0 aliphatic rings. The molecule has 0 aromatic heterocycles. The fourth-order valence-electron chi connectivity index (χ4n) is 2.01. The zero-order chi connectivity index (χ0) is 17.5. The molecule has 128 valence electrons. The molecule has 0 saturated carbocycles. The summed E-state index contributed by atoms with van der Waals surface area (Å²) in [5, 5.41) is 0.663. The summed E-state index contributed by atoms with van der Waals surface area (Å²) in [6.45, 7) is 5.79. The van der Waals surface area contributed by atoms with E-state index in [4.69, 9.17) is 25.8 Å². The first-order valence-corrected chi connectivity index (χ1v) is 8.24. The van der Waals surface area contributed by atoms with Crippen molar-refractivity contribution in [2.24, 2.45) is 5.92 Å². The predicted octanol–water partition coefficient (Wildman–Crippen LogP) is 5.10. The van der Waals surface area contributed by atoms with Crippen molar-refractivity contribution in [2.45, 2.75) is 26.9 Å². The van der Waals surface area contributed by atoms with E-state index in [1.807, 2.05) is 19.1 Å². The van der Waals surface area contributed by atoms with Gasteiger partial charge in [-0.1, -0.05) is 11.6 Å². The largest absolute Gasteiger partial charge is 0.490 e. The Kier molecular flexibility index (Phi) is 6.50. The summed E-state index contributed by atoms with van der Waals surface area (Å²) >= 11 is 5.85. The fraction of sp³-hybridized carbons (Fsp3) is 0.316. The van der Waals surface area contributed by atoms with E-state index in [9.17, 15) is 4.79 Å². The first kappa shape index (κ1) is 18.1.